The van der Waals surface area contributed by atoms with Crippen LogP contribution in [0.5, 0.6) is 0 Å². The van der Waals surface area contributed by atoms with Crippen LogP contribution in [0.15, 0.2) is 0 Å². The van der Waals surface area contributed by atoms with Crippen molar-refractivity contribution < 1.29 is 4.79 Å². The molecule has 1 N–H and O–H groups in total. The third-order valence-corrected chi connectivity index (χ3v) is 6.31. The SMILES string of the molecule is CNc1nc([C@@H]2CCCN(C(=O)C3CCCC3)C2)nc2c1CN(C)CC2. The lowest BCUT2D eigenvalue weighted by molar-refractivity contribution is -0.136. The number of rotatable bonds is 3. The normalized spacial score (nSPS) is 24.5. The Hall–Kier alpha value is -1.69. The van der Waals surface area contributed by atoms with E-state index in [-0.39, 0.29) is 11.8 Å². The summed E-state index contributed by atoms with van der Waals surface area (Å²) in [5.41, 5.74) is 2.43. The molecular formula is C20H31N5O. The molecule has 1 saturated heterocycles. The second-order valence-electron chi connectivity index (χ2n) is 8.20. The third-order valence-electron chi connectivity index (χ3n) is 6.31. The van der Waals surface area contributed by atoms with Crippen LogP contribution in [0, 0.1) is 5.92 Å². The van der Waals surface area contributed by atoms with Gasteiger partial charge in [-0.3, -0.25) is 4.79 Å². The van der Waals surface area contributed by atoms with Gasteiger partial charge in [0.05, 0.1) is 5.69 Å². The highest BCUT2D eigenvalue weighted by molar-refractivity contribution is 5.79. The van der Waals surface area contributed by atoms with Crippen LogP contribution in [-0.4, -0.2) is 59.4 Å². The van der Waals surface area contributed by atoms with Crippen LogP contribution < -0.4 is 5.32 Å². The maximum atomic E-state index is 12.8. The Morgan fingerprint density at radius 1 is 1.12 bits per heavy atom. The minimum atomic E-state index is 0.265. The molecule has 1 aromatic rings. The summed E-state index contributed by atoms with van der Waals surface area (Å²) in [6, 6.07) is 0. The predicted octanol–water partition coefficient (Wildman–Crippen LogP) is 2.40. The largest absolute Gasteiger partial charge is 0.373 e. The van der Waals surface area contributed by atoms with Crippen molar-refractivity contribution in [2.24, 2.45) is 5.92 Å². The van der Waals surface area contributed by atoms with Gasteiger partial charge in [-0.25, -0.2) is 9.97 Å². The zero-order chi connectivity index (χ0) is 18.1. The lowest BCUT2D eigenvalue weighted by Crippen LogP contribution is -2.42. The summed E-state index contributed by atoms with van der Waals surface area (Å²) in [4.78, 5) is 27.1. The van der Waals surface area contributed by atoms with E-state index in [1.54, 1.807) is 0 Å². The molecule has 0 radical (unpaired) electrons. The standard InChI is InChI=1S/C20H31N5O/c1-21-19-16-13-24(2)11-9-17(16)22-18(23-19)15-8-5-10-25(12-15)20(26)14-6-3-4-7-14/h14-15H,3-13H2,1-2H3,(H,21,22,23)/t15-/m1/s1. The number of anilines is 1. The second-order valence-corrected chi connectivity index (χ2v) is 8.20. The average Bonchev–Trinajstić information content (AvgIpc) is 3.21. The van der Waals surface area contributed by atoms with Gasteiger partial charge in [0.15, 0.2) is 0 Å². The quantitative estimate of drug-likeness (QED) is 0.900. The van der Waals surface area contributed by atoms with Crippen LogP contribution in [0.25, 0.3) is 0 Å². The maximum absolute atomic E-state index is 12.8. The van der Waals surface area contributed by atoms with Crippen molar-refractivity contribution >= 4 is 11.7 Å². The molecule has 0 spiro atoms. The molecule has 0 unspecified atom stereocenters. The molecule has 26 heavy (non-hydrogen) atoms. The summed E-state index contributed by atoms with van der Waals surface area (Å²) in [6.07, 6.45) is 7.69. The fourth-order valence-corrected chi connectivity index (χ4v) is 4.78. The number of amides is 1. The number of nitrogens with one attached hydrogen (secondary N) is 1. The van der Waals surface area contributed by atoms with E-state index in [4.69, 9.17) is 9.97 Å². The van der Waals surface area contributed by atoms with E-state index in [9.17, 15) is 4.79 Å². The Morgan fingerprint density at radius 2 is 1.92 bits per heavy atom. The van der Waals surface area contributed by atoms with Crippen LogP contribution in [0.4, 0.5) is 5.82 Å². The van der Waals surface area contributed by atoms with Crippen molar-refractivity contribution in [2.45, 2.75) is 57.4 Å². The number of hydrogen-bond donors (Lipinski definition) is 1. The summed E-state index contributed by atoms with van der Waals surface area (Å²) in [5.74, 6) is 2.81. The van der Waals surface area contributed by atoms with Crippen molar-refractivity contribution in [2.75, 3.05) is 39.0 Å². The number of fused-ring (bicyclic) bond motifs is 1. The molecule has 2 fully saturated rings. The fraction of sp³-hybridized carbons (Fsp3) is 0.750. The Bertz CT molecular complexity index is 653. The smallest absolute Gasteiger partial charge is 0.225 e. The molecule has 1 aliphatic carbocycles. The van der Waals surface area contributed by atoms with Gasteiger partial charge in [-0.1, -0.05) is 12.8 Å². The highest BCUT2D eigenvalue weighted by Crippen LogP contribution is 2.32. The zero-order valence-electron chi connectivity index (χ0n) is 16.1. The van der Waals surface area contributed by atoms with Crippen LogP contribution in [0.3, 0.4) is 0 Å². The van der Waals surface area contributed by atoms with Crippen molar-refractivity contribution in [1.29, 1.82) is 0 Å². The molecule has 1 amide bonds. The lowest BCUT2D eigenvalue weighted by Gasteiger charge is -2.34. The predicted molar refractivity (Wildman–Crippen MR) is 102 cm³/mol. The first kappa shape index (κ1) is 17.7. The van der Waals surface area contributed by atoms with E-state index in [1.165, 1.54) is 24.1 Å². The first-order valence-corrected chi connectivity index (χ1v) is 10.2. The van der Waals surface area contributed by atoms with Gasteiger partial charge < -0.3 is 15.1 Å². The van der Waals surface area contributed by atoms with Crippen LogP contribution in [0.2, 0.25) is 0 Å². The lowest BCUT2D eigenvalue weighted by atomic mass is 9.94. The van der Waals surface area contributed by atoms with Gasteiger partial charge >= 0.3 is 0 Å². The Labute approximate surface area is 156 Å². The van der Waals surface area contributed by atoms with Crippen LogP contribution in [-0.2, 0) is 17.8 Å². The summed E-state index contributed by atoms with van der Waals surface area (Å²) in [7, 11) is 4.09. The van der Waals surface area contributed by atoms with Gasteiger partial charge in [0.1, 0.15) is 11.6 Å². The summed E-state index contributed by atoms with van der Waals surface area (Å²) in [5, 5.41) is 3.28. The highest BCUT2D eigenvalue weighted by atomic mass is 16.2. The van der Waals surface area contributed by atoms with Crippen LogP contribution in [0.1, 0.15) is 61.5 Å². The number of likely N-dealkylation sites (tertiary alicyclic amines) is 1. The molecule has 6 nitrogen and oxygen atoms in total. The molecule has 1 atom stereocenters. The Balaban J connectivity index is 1.54. The van der Waals surface area contributed by atoms with Crippen molar-refractivity contribution in [3.05, 3.63) is 17.1 Å². The Morgan fingerprint density at radius 3 is 2.69 bits per heavy atom. The number of aromatic nitrogens is 2. The molecule has 0 aromatic carbocycles. The molecule has 6 heteroatoms. The highest BCUT2D eigenvalue weighted by Gasteiger charge is 2.32. The number of nitrogens with zero attached hydrogens (tertiary/aromatic N) is 4. The minimum absolute atomic E-state index is 0.265. The molecule has 4 rings (SSSR count). The number of carbonyl (C=O) groups is 1. The second kappa shape index (κ2) is 7.51. The van der Waals surface area contributed by atoms with E-state index in [0.717, 1.165) is 69.9 Å². The molecule has 3 heterocycles. The number of piperidine rings is 1. The first-order valence-electron chi connectivity index (χ1n) is 10.2. The molecular weight excluding hydrogens is 326 g/mol. The topological polar surface area (TPSA) is 61.4 Å². The number of likely N-dealkylation sites (N-methyl/N-ethyl adjacent to an activating group) is 1. The van der Waals surface area contributed by atoms with Gasteiger partial charge in [-0.15, -0.1) is 0 Å². The third kappa shape index (κ3) is 3.43. The van der Waals surface area contributed by atoms with Crippen molar-refractivity contribution in [3.63, 3.8) is 0 Å². The summed E-state index contributed by atoms with van der Waals surface area (Å²) < 4.78 is 0. The van der Waals surface area contributed by atoms with E-state index in [1.807, 2.05) is 7.05 Å². The number of carbonyl (C=O) groups excluding carboxylic acids is 1. The van der Waals surface area contributed by atoms with E-state index < -0.39 is 0 Å². The zero-order valence-corrected chi connectivity index (χ0v) is 16.1. The molecule has 3 aliphatic rings. The Kier molecular flexibility index (Phi) is 5.11. The maximum Gasteiger partial charge on any atom is 0.225 e. The van der Waals surface area contributed by atoms with E-state index in [0.29, 0.717) is 5.91 Å². The van der Waals surface area contributed by atoms with E-state index >= 15 is 0 Å². The van der Waals surface area contributed by atoms with Gasteiger partial charge in [0.25, 0.3) is 0 Å². The van der Waals surface area contributed by atoms with E-state index in [2.05, 4.69) is 22.2 Å². The summed E-state index contributed by atoms with van der Waals surface area (Å²) in [6.45, 7) is 3.64. The van der Waals surface area contributed by atoms with Gasteiger partial charge in [-0.2, -0.15) is 0 Å². The molecule has 1 aromatic heterocycles. The van der Waals surface area contributed by atoms with Gasteiger partial charge in [0, 0.05) is 57.0 Å². The van der Waals surface area contributed by atoms with Crippen LogP contribution >= 0.6 is 0 Å². The molecule has 2 aliphatic heterocycles. The fourth-order valence-electron chi connectivity index (χ4n) is 4.78. The average molecular weight is 358 g/mol. The monoisotopic (exact) mass is 357 g/mol. The van der Waals surface area contributed by atoms with Gasteiger partial charge in [0.2, 0.25) is 5.91 Å². The molecule has 142 valence electrons. The summed E-state index contributed by atoms with van der Waals surface area (Å²) >= 11 is 0. The van der Waals surface area contributed by atoms with Crippen molar-refractivity contribution in [1.82, 2.24) is 19.8 Å². The minimum Gasteiger partial charge on any atom is -0.373 e. The van der Waals surface area contributed by atoms with Crippen molar-refractivity contribution in [3.8, 4) is 0 Å². The molecule has 1 saturated carbocycles. The van der Waals surface area contributed by atoms with Gasteiger partial charge in [-0.05, 0) is 32.7 Å². The number of hydrogen-bond acceptors (Lipinski definition) is 5. The molecule has 0 bridgehead atoms. The first-order chi connectivity index (χ1) is 12.7.